The molecule has 20 heavy (non-hydrogen) atoms. The molecule has 0 aromatic heterocycles. The van der Waals surface area contributed by atoms with E-state index in [2.05, 4.69) is 0 Å². The number of carbonyl (C=O) groups excluding carboxylic acids is 2. The van der Waals surface area contributed by atoms with Crippen LogP contribution in [0.2, 0.25) is 0 Å². The van der Waals surface area contributed by atoms with Gasteiger partial charge in [0.05, 0.1) is 12.2 Å². The van der Waals surface area contributed by atoms with Crippen molar-refractivity contribution in [2.75, 3.05) is 0 Å². The maximum Gasteiger partial charge on any atom is 0.240 e. The third-order valence-electron chi connectivity index (χ3n) is 2.63. The molecule has 1 aromatic carbocycles. The zero-order valence-corrected chi connectivity index (χ0v) is 12.7. The molecule has 0 aliphatic carbocycles. The Morgan fingerprint density at radius 3 is 2.15 bits per heavy atom. The second-order valence-corrected chi connectivity index (χ2v) is 7.34. The number of amides is 1. The van der Waals surface area contributed by atoms with E-state index in [9.17, 15) is 18.0 Å². The lowest BCUT2D eigenvalue weighted by Gasteiger charge is -2.16. The lowest BCUT2D eigenvalue weighted by Crippen LogP contribution is -2.35. The molecule has 0 saturated carbocycles. The minimum absolute atomic E-state index is 0.288. The molecule has 5 nitrogen and oxygen atoms in total. The average molecular weight is 297 g/mol. The molecular weight excluding hydrogens is 278 g/mol. The quantitative estimate of drug-likeness (QED) is 0.838. The third-order valence-corrected chi connectivity index (χ3v) is 3.88. The molecule has 0 radical (unpaired) electrons. The molecule has 0 saturated heterocycles. The summed E-state index contributed by atoms with van der Waals surface area (Å²) in [6.45, 7) is 5.04. The van der Waals surface area contributed by atoms with Crippen LogP contribution in [0.15, 0.2) is 30.3 Å². The number of rotatable bonds is 5. The summed E-state index contributed by atoms with van der Waals surface area (Å²) < 4.78 is 25.5. The van der Waals surface area contributed by atoms with E-state index < -0.39 is 27.8 Å². The van der Waals surface area contributed by atoms with Gasteiger partial charge in [0.15, 0.2) is 0 Å². The molecule has 0 fully saturated rings. The van der Waals surface area contributed by atoms with Crippen LogP contribution in [0.4, 0.5) is 0 Å². The second-order valence-electron chi connectivity index (χ2n) is 5.62. The molecule has 0 unspecified atom stereocenters. The molecule has 0 heterocycles. The van der Waals surface area contributed by atoms with Gasteiger partial charge in [0, 0.05) is 5.41 Å². The predicted molar refractivity (Wildman–Crippen MR) is 76.3 cm³/mol. The highest BCUT2D eigenvalue weighted by Gasteiger charge is 2.25. The van der Waals surface area contributed by atoms with E-state index >= 15 is 0 Å². The van der Waals surface area contributed by atoms with Gasteiger partial charge in [-0.05, 0) is 5.56 Å². The first kappa shape index (κ1) is 16.4. The Morgan fingerprint density at radius 2 is 1.65 bits per heavy atom. The van der Waals surface area contributed by atoms with Crippen molar-refractivity contribution < 1.29 is 18.0 Å². The van der Waals surface area contributed by atoms with Crippen LogP contribution in [0, 0.1) is 5.41 Å². The maximum absolute atomic E-state index is 11.8. The van der Waals surface area contributed by atoms with E-state index in [1.54, 1.807) is 51.1 Å². The zero-order valence-electron chi connectivity index (χ0n) is 11.8. The first-order valence-corrected chi connectivity index (χ1v) is 7.86. The van der Waals surface area contributed by atoms with Crippen LogP contribution < -0.4 is 4.72 Å². The molecule has 0 aliphatic heterocycles. The van der Waals surface area contributed by atoms with Crippen LogP contribution in [0.1, 0.15) is 32.8 Å². The van der Waals surface area contributed by atoms with Gasteiger partial charge in [-0.15, -0.1) is 0 Å². The van der Waals surface area contributed by atoms with E-state index in [0.29, 0.717) is 5.56 Å². The summed E-state index contributed by atoms with van der Waals surface area (Å²) in [5, 5.41) is 0. The number of ketones is 1. The highest BCUT2D eigenvalue weighted by atomic mass is 32.2. The number of carbonyl (C=O) groups is 2. The largest absolute Gasteiger partial charge is 0.299 e. The molecule has 0 spiro atoms. The van der Waals surface area contributed by atoms with Crippen LogP contribution in [-0.4, -0.2) is 20.1 Å². The average Bonchev–Trinajstić information content (AvgIpc) is 2.26. The number of sulfonamides is 1. The fraction of sp³-hybridized carbons (Fsp3) is 0.429. The van der Waals surface area contributed by atoms with Crippen molar-refractivity contribution >= 4 is 21.7 Å². The molecule has 1 rings (SSSR count). The number of benzene rings is 1. The van der Waals surface area contributed by atoms with Gasteiger partial charge in [0.1, 0.15) is 5.78 Å². The Kier molecular flexibility index (Phi) is 5.05. The minimum Gasteiger partial charge on any atom is -0.299 e. The van der Waals surface area contributed by atoms with Gasteiger partial charge in [-0.25, -0.2) is 8.42 Å². The third kappa shape index (κ3) is 5.52. The summed E-state index contributed by atoms with van der Waals surface area (Å²) in [6, 6.07) is 8.52. The molecule has 0 bridgehead atoms. The van der Waals surface area contributed by atoms with Crippen LogP contribution in [0.5, 0.6) is 0 Å². The van der Waals surface area contributed by atoms with Gasteiger partial charge in [0.2, 0.25) is 15.9 Å². The van der Waals surface area contributed by atoms with E-state index in [1.807, 2.05) is 4.72 Å². The monoisotopic (exact) mass is 297 g/mol. The smallest absolute Gasteiger partial charge is 0.240 e. The molecule has 1 amide bonds. The first-order chi connectivity index (χ1) is 9.10. The van der Waals surface area contributed by atoms with Crippen LogP contribution in [-0.2, 0) is 25.4 Å². The van der Waals surface area contributed by atoms with Crippen molar-refractivity contribution in [3.8, 4) is 0 Å². The number of nitrogens with one attached hydrogen (secondary N) is 1. The van der Waals surface area contributed by atoms with Gasteiger partial charge in [0.25, 0.3) is 0 Å². The molecule has 110 valence electrons. The topological polar surface area (TPSA) is 80.3 Å². The van der Waals surface area contributed by atoms with E-state index in [0.717, 1.165) is 0 Å². The first-order valence-electron chi connectivity index (χ1n) is 6.21. The van der Waals surface area contributed by atoms with Crippen molar-refractivity contribution in [2.45, 2.75) is 32.9 Å². The van der Waals surface area contributed by atoms with Crippen molar-refractivity contribution in [3.63, 3.8) is 0 Å². The molecule has 0 aliphatic rings. The van der Waals surface area contributed by atoms with Crippen LogP contribution in [0.3, 0.4) is 0 Å². The summed E-state index contributed by atoms with van der Waals surface area (Å²) in [5.41, 5.74) is -0.0875. The SMILES string of the molecule is CC(C)(C)C(=O)CC(=O)NS(=O)(=O)Cc1ccccc1. The maximum atomic E-state index is 11.8. The highest BCUT2D eigenvalue weighted by Crippen LogP contribution is 2.16. The highest BCUT2D eigenvalue weighted by molar-refractivity contribution is 7.89. The van der Waals surface area contributed by atoms with Gasteiger partial charge in [-0.2, -0.15) is 0 Å². The molecule has 6 heteroatoms. The molecule has 1 aromatic rings. The minimum atomic E-state index is -3.78. The van der Waals surface area contributed by atoms with Crippen molar-refractivity contribution in [2.24, 2.45) is 5.41 Å². The Hall–Kier alpha value is -1.69. The van der Waals surface area contributed by atoms with Gasteiger partial charge in [-0.1, -0.05) is 51.1 Å². The van der Waals surface area contributed by atoms with Gasteiger partial charge < -0.3 is 0 Å². The van der Waals surface area contributed by atoms with Crippen molar-refractivity contribution in [1.82, 2.24) is 4.72 Å². The van der Waals surface area contributed by atoms with Gasteiger partial charge >= 0.3 is 0 Å². The molecule has 0 atom stereocenters. The van der Waals surface area contributed by atoms with Crippen LogP contribution in [0.25, 0.3) is 0 Å². The Bertz CT molecular complexity index is 585. The normalized spacial score (nSPS) is 11.9. The molecule has 1 N–H and O–H groups in total. The summed E-state index contributed by atoms with van der Waals surface area (Å²) >= 11 is 0. The summed E-state index contributed by atoms with van der Waals surface area (Å²) in [7, 11) is -3.78. The summed E-state index contributed by atoms with van der Waals surface area (Å²) in [4.78, 5) is 23.3. The Morgan fingerprint density at radius 1 is 1.10 bits per heavy atom. The fourth-order valence-corrected chi connectivity index (χ4v) is 2.57. The fourth-order valence-electron chi connectivity index (χ4n) is 1.45. The Labute approximate surface area is 119 Å². The molecular formula is C14H19NO4S. The van der Waals surface area contributed by atoms with E-state index in [4.69, 9.17) is 0 Å². The zero-order chi connectivity index (χ0) is 15.4. The van der Waals surface area contributed by atoms with Crippen LogP contribution >= 0.6 is 0 Å². The summed E-state index contributed by atoms with van der Waals surface area (Å²) in [6.07, 6.45) is -0.433. The number of hydrogen-bond donors (Lipinski definition) is 1. The summed E-state index contributed by atoms with van der Waals surface area (Å²) in [5.74, 6) is -1.38. The van der Waals surface area contributed by atoms with E-state index in [-0.39, 0.29) is 11.5 Å². The lowest BCUT2D eigenvalue weighted by molar-refractivity contribution is -0.131. The van der Waals surface area contributed by atoms with Crippen molar-refractivity contribution in [3.05, 3.63) is 35.9 Å². The second kappa shape index (κ2) is 6.17. The van der Waals surface area contributed by atoms with E-state index in [1.165, 1.54) is 0 Å². The Balaban J connectivity index is 2.63. The predicted octanol–water partition coefficient (Wildman–Crippen LogP) is 1.64. The van der Waals surface area contributed by atoms with Gasteiger partial charge in [-0.3, -0.25) is 14.3 Å². The van der Waals surface area contributed by atoms with Crippen molar-refractivity contribution in [1.29, 1.82) is 0 Å². The lowest BCUT2D eigenvalue weighted by atomic mass is 9.89. The number of hydrogen-bond acceptors (Lipinski definition) is 4. The number of Topliss-reactive ketones (excluding diaryl/α,β-unsaturated/α-hetero) is 1. The standard InChI is InChI=1S/C14H19NO4S/c1-14(2,3)12(16)9-13(17)15-20(18,19)10-11-7-5-4-6-8-11/h4-8H,9-10H2,1-3H3,(H,15,17).